The zero-order chi connectivity index (χ0) is 11.1. The topological polar surface area (TPSA) is 36.8 Å². The Morgan fingerprint density at radius 3 is 2.73 bits per heavy atom. The van der Waals surface area contributed by atoms with E-state index in [1.807, 2.05) is 6.21 Å². The molecule has 0 radical (unpaired) electrons. The summed E-state index contributed by atoms with van der Waals surface area (Å²) in [5, 5.41) is 3.94. The van der Waals surface area contributed by atoms with E-state index in [1.165, 1.54) is 25.7 Å². The number of aliphatic imine (C=N–C) groups is 1. The number of nitrogens with zero attached hydrogens (tertiary/aromatic N) is 2. The van der Waals surface area contributed by atoms with Gasteiger partial charge in [-0.2, -0.15) is 5.10 Å². The largest absolute Gasteiger partial charge is 0.300 e. The molecule has 0 aromatic heterocycles. The zero-order valence-electron chi connectivity index (χ0n) is 10.2. The number of rotatable bonds is 6. The predicted octanol–water partition coefficient (Wildman–Crippen LogP) is 2.97. The van der Waals surface area contributed by atoms with Crippen molar-refractivity contribution in [1.29, 1.82) is 0 Å². The molecule has 1 N–H and O–H groups in total. The van der Waals surface area contributed by atoms with Gasteiger partial charge >= 0.3 is 0 Å². The first-order chi connectivity index (χ1) is 7.14. The Bertz CT molecular complexity index is 231. The van der Waals surface area contributed by atoms with Gasteiger partial charge in [0.2, 0.25) is 0 Å². The Morgan fingerprint density at radius 2 is 2.13 bits per heavy atom. The highest BCUT2D eigenvalue weighted by Gasteiger charge is 2.17. The Balaban J connectivity index is 2.15. The molecule has 1 unspecified atom stereocenters. The molecule has 86 valence electrons. The molecule has 0 saturated carbocycles. The smallest absolute Gasteiger partial charge is 0.134 e. The minimum absolute atomic E-state index is 0.340. The Morgan fingerprint density at radius 1 is 1.33 bits per heavy atom. The molecule has 0 aromatic rings. The molecule has 15 heavy (non-hydrogen) atoms. The fraction of sp³-hybridized carbons (Fsp3) is 0.833. The van der Waals surface area contributed by atoms with Gasteiger partial charge in [-0.05, 0) is 24.7 Å². The van der Waals surface area contributed by atoms with E-state index in [2.05, 4.69) is 36.3 Å². The third-order valence-electron chi connectivity index (χ3n) is 2.93. The first-order valence-corrected chi connectivity index (χ1v) is 5.94. The number of hydrogen-bond acceptors (Lipinski definition) is 3. The van der Waals surface area contributed by atoms with Gasteiger partial charge in [0.05, 0.1) is 6.04 Å². The summed E-state index contributed by atoms with van der Waals surface area (Å²) in [7, 11) is 0. The van der Waals surface area contributed by atoms with Crippen molar-refractivity contribution in [2.75, 3.05) is 0 Å². The van der Waals surface area contributed by atoms with Gasteiger partial charge in [-0.25, -0.2) is 4.99 Å². The van der Waals surface area contributed by atoms with Gasteiger partial charge in [0.1, 0.15) is 6.34 Å². The van der Waals surface area contributed by atoms with Gasteiger partial charge in [0.25, 0.3) is 0 Å². The molecule has 3 heteroatoms. The van der Waals surface area contributed by atoms with Crippen LogP contribution in [0.25, 0.3) is 0 Å². The SMILES string of the molecule is CCCC(C)(C)CCCC1C=NC=NN1. The molecule has 3 nitrogen and oxygen atoms in total. The van der Waals surface area contributed by atoms with Crippen LogP contribution in [-0.4, -0.2) is 18.6 Å². The second kappa shape index (κ2) is 5.89. The van der Waals surface area contributed by atoms with Gasteiger partial charge in [-0.1, -0.05) is 33.6 Å². The zero-order valence-corrected chi connectivity index (χ0v) is 10.2. The Labute approximate surface area is 93.1 Å². The van der Waals surface area contributed by atoms with Gasteiger partial charge in [0.15, 0.2) is 0 Å². The van der Waals surface area contributed by atoms with Gasteiger partial charge in [-0.15, -0.1) is 0 Å². The summed E-state index contributed by atoms with van der Waals surface area (Å²) in [6.07, 6.45) is 9.76. The number of nitrogens with one attached hydrogen (secondary N) is 1. The minimum Gasteiger partial charge on any atom is -0.300 e. The molecule has 1 rings (SSSR count). The number of hydrazone groups is 1. The van der Waals surface area contributed by atoms with Crippen LogP contribution in [0.1, 0.15) is 52.9 Å². The van der Waals surface area contributed by atoms with Crippen LogP contribution in [0.5, 0.6) is 0 Å². The predicted molar refractivity (Wildman–Crippen MR) is 66.4 cm³/mol. The lowest BCUT2D eigenvalue weighted by Crippen LogP contribution is -2.28. The first-order valence-electron chi connectivity index (χ1n) is 5.94. The fourth-order valence-electron chi connectivity index (χ4n) is 2.08. The Kier molecular flexibility index (Phi) is 4.79. The van der Waals surface area contributed by atoms with Gasteiger partial charge in [-0.3, -0.25) is 0 Å². The summed E-state index contributed by atoms with van der Waals surface area (Å²) in [6.45, 7) is 6.97. The van der Waals surface area contributed by atoms with E-state index in [1.54, 1.807) is 6.34 Å². The second-order valence-electron chi connectivity index (χ2n) is 5.08. The molecule has 1 heterocycles. The molecule has 0 spiro atoms. The van der Waals surface area contributed by atoms with Crippen molar-refractivity contribution >= 4 is 12.6 Å². The maximum absolute atomic E-state index is 4.03. The van der Waals surface area contributed by atoms with Crippen LogP contribution in [0.3, 0.4) is 0 Å². The summed E-state index contributed by atoms with van der Waals surface area (Å²) < 4.78 is 0. The van der Waals surface area contributed by atoms with Crippen molar-refractivity contribution in [2.24, 2.45) is 15.5 Å². The quantitative estimate of drug-likeness (QED) is 0.717. The average Bonchev–Trinajstić information content (AvgIpc) is 2.19. The summed E-state index contributed by atoms with van der Waals surface area (Å²) in [5.41, 5.74) is 3.55. The van der Waals surface area contributed by atoms with Crippen LogP contribution in [0.4, 0.5) is 0 Å². The molecule has 0 aromatic carbocycles. The van der Waals surface area contributed by atoms with Crippen molar-refractivity contribution in [3.8, 4) is 0 Å². The van der Waals surface area contributed by atoms with E-state index >= 15 is 0 Å². The van der Waals surface area contributed by atoms with Crippen LogP contribution in [-0.2, 0) is 0 Å². The van der Waals surface area contributed by atoms with Crippen LogP contribution in [0, 0.1) is 5.41 Å². The monoisotopic (exact) mass is 209 g/mol. The van der Waals surface area contributed by atoms with E-state index < -0.39 is 0 Å². The van der Waals surface area contributed by atoms with Crippen LogP contribution < -0.4 is 5.43 Å². The van der Waals surface area contributed by atoms with E-state index in [0.29, 0.717) is 11.5 Å². The summed E-state index contributed by atoms with van der Waals surface area (Å²) >= 11 is 0. The van der Waals surface area contributed by atoms with Crippen LogP contribution in [0.2, 0.25) is 0 Å². The van der Waals surface area contributed by atoms with E-state index in [9.17, 15) is 0 Å². The van der Waals surface area contributed by atoms with E-state index in [0.717, 1.165) is 6.42 Å². The molecule has 0 aliphatic carbocycles. The van der Waals surface area contributed by atoms with Gasteiger partial charge in [0, 0.05) is 6.21 Å². The Hall–Kier alpha value is -0.860. The maximum Gasteiger partial charge on any atom is 0.134 e. The lowest BCUT2D eigenvalue weighted by atomic mass is 9.82. The fourth-order valence-corrected chi connectivity index (χ4v) is 2.08. The highest BCUT2D eigenvalue weighted by molar-refractivity contribution is 5.77. The van der Waals surface area contributed by atoms with Gasteiger partial charge < -0.3 is 5.43 Å². The normalized spacial score (nSPS) is 20.3. The summed E-state index contributed by atoms with van der Waals surface area (Å²) in [6, 6.07) is 0.340. The third kappa shape index (κ3) is 4.96. The lowest BCUT2D eigenvalue weighted by Gasteiger charge is -2.24. The average molecular weight is 209 g/mol. The highest BCUT2D eigenvalue weighted by Crippen LogP contribution is 2.28. The molecular weight excluding hydrogens is 186 g/mol. The standard InChI is InChI=1S/C12H23N3/c1-4-7-12(2,3)8-5-6-11-9-13-10-14-15-11/h9-11,15H,4-8H2,1-3H3. The molecule has 1 aliphatic rings. The third-order valence-corrected chi connectivity index (χ3v) is 2.93. The molecule has 0 saturated heterocycles. The molecule has 0 amide bonds. The molecule has 1 aliphatic heterocycles. The van der Waals surface area contributed by atoms with Crippen molar-refractivity contribution in [3.05, 3.63) is 0 Å². The second-order valence-corrected chi connectivity index (χ2v) is 5.08. The minimum atomic E-state index is 0.340. The molecule has 0 fully saturated rings. The van der Waals surface area contributed by atoms with E-state index in [4.69, 9.17) is 0 Å². The molecule has 1 atom stereocenters. The van der Waals surface area contributed by atoms with Crippen LogP contribution >= 0.6 is 0 Å². The summed E-state index contributed by atoms with van der Waals surface area (Å²) in [4.78, 5) is 4.03. The molecule has 0 bridgehead atoms. The summed E-state index contributed by atoms with van der Waals surface area (Å²) in [5.74, 6) is 0. The van der Waals surface area contributed by atoms with Crippen molar-refractivity contribution in [1.82, 2.24) is 5.43 Å². The van der Waals surface area contributed by atoms with Crippen molar-refractivity contribution in [3.63, 3.8) is 0 Å². The highest BCUT2D eigenvalue weighted by atomic mass is 15.3. The van der Waals surface area contributed by atoms with Crippen LogP contribution in [0.15, 0.2) is 10.1 Å². The lowest BCUT2D eigenvalue weighted by molar-refractivity contribution is 0.290. The van der Waals surface area contributed by atoms with E-state index in [-0.39, 0.29) is 0 Å². The molecular formula is C12H23N3. The number of hydrogen-bond donors (Lipinski definition) is 1. The van der Waals surface area contributed by atoms with Crippen molar-refractivity contribution < 1.29 is 0 Å². The van der Waals surface area contributed by atoms with Crippen molar-refractivity contribution in [2.45, 2.75) is 58.9 Å². The first kappa shape index (κ1) is 12.2. The maximum atomic E-state index is 4.03.